The Hall–Kier alpha value is -0.630. The number of allylic oxidation sites excluding steroid dienone is 2. The standard InChI is InChI=1S/C11H20O2/c1-11(13)9-7-5-3-2-4-6-8-10-12/h7,9,12H,2-6,8,10H2,1H3/b9-7+. The number of hydrogen-bond acceptors (Lipinski definition) is 2. The fourth-order valence-corrected chi connectivity index (χ4v) is 1.15. The van der Waals surface area contributed by atoms with Crippen LogP contribution in [0.3, 0.4) is 0 Å². The van der Waals surface area contributed by atoms with Crippen LogP contribution < -0.4 is 0 Å². The van der Waals surface area contributed by atoms with Crippen LogP contribution in [0.5, 0.6) is 0 Å². The van der Waals surface area contributed by atoms with Crippen molar-refractivity contribution in [1.82, 2.24) is 0 Å². The zero-order valence-electron chi connectivity index (χ0n) is 8.46. The van der Waals surface area contributed by atoms with Crippen molar-refractivity contribution in [3.8, 4) is 0 Å². The molecule has 0 aliphatic heterocycles. The molecule has 0 aromatic heterocycles. The minimum atomic E-state index is 0.125. The summed E-state index contributed by atoms with van der Waals surface area (Å²) in [7, 11) is 0. The summed E-state index contributed by atoms with van der Waals surface area (Å²) in [6, 6.07) is 0. The van der Waals surface area contributed by atoms with Gasteiger partial charge in [-0.2, -0.15) is 0 Å². The van der Waals surface area contributed by atoms with Crippen molar-refractivity contribution in [3.05, 3.63) is 12.2 Å². The lowest BCUT2D eigenvalue weighted by Gasteiger charge is -1.96. The monoisotopic (exact) mass is 184 g/mol. The number of unbranched alkanes of at least 4 members (excludes halogenated alkanes) is 5. The number of rotatable bonds is 8. The number of aliphatic hydroxyl groups excluding tert-OH is 1. The van der Waals surface area contributed by atoms with E-state index in [9.17, 15) is 4.79 Å². The van der Waals surface area contributed by atoms with Gasteiger partial charge in [0.25, 0.3) is 0 Å². The number of carbonyl (C=O) groups excluding carboxylic acids is 1. The normalized spacial score (nSPS) is 10.9. The number of carbonyl (C=O) groups is 1. The molecule has 0 saturated carbocycles. The predicted molar refractivity (Wildman–Crippen MR) is 54.6 cm³/mol. The van der Waals surface area contributed by atoms with Gasteiger partial charge in [0.05, 0.1) is 0 Å². The summed E-state index contributed by atoms with van der Waals surface area (Å²) in [6.07, 6.45) is 10.1. The minimum absolute atomic E-state index is 0.125. The first-order valence-electron chi connectivity index (χ1n) is 5.05. The second-order valence-electron chi connectivity index (χ2n) is 3.29. The van der Waals surface area contributed by atoms with E-state index in [0.717, 1.165) is 25.7 Å². The maximum absolute atomic E-state index is 10.5. The Kier molecular flexibility index (Phi) is 9.00. The summed E-state index contributed by atoms with van der Waals surface area (Å²) in [4.78, 5) is 10.5. The van der Waals surface area contributed by atoms with Crippen molar-refractivity contribution < 1.29 is 9.90 Å². The fraction of sp³-hybridized carbons (Fsp3) is 0.727. The van der Waals surface area contributed by atoms with E-state index in [1.54, 1.807) is 13.0 Å². The number of ketones is 1. The molecular weight excluding hydrogens is 164 g/mol. The summed E-state index contributed by atoms with van der Waals surface area (Å²) in [5, 5.41) is 8.52. The van der Waals surface area contributed by atoms with E-state index in [-0.39, 0.29) is 5.78 Å². The Morgan fingerprint density at radius 1 is 1.15 bits per heavy atom. The molecule has 13 heavy (non-hydrogen) atoms. The molecule has 0 aliphatic carbocycles. The highest BCUT2D eigenvalue weighted by atomic mass is 16.2. The quantitative estimate of drug-likeness (QED) is 0.465. The molecule has 0 aliphatic rings. The second kappa shape index (κ2) is 9.46. The van der Waals surface area contributed by atoms with Gasteiger partial charge >= 0.3 is 0 Å². The van der Waals surface area contributed by atoms with E-state index in [2.05, 4.69) is 0 Å². The summed E-state index contributed by atoms with van der Waals surface area (Å²) in [5.41, 5.74) is 0. The van der Waals surface area contributed by atoms with E-state index in [0.29, 0.717) is 6.61 Å². The van der Waals surface area contributed by atoms with Gasteiger partial charge in [0.15, 0.2) is 5.78 Å². The van der Waals surface area contributed by atoms with Gasteiger partial charge in [-0.3, -0.25) is 4.79 Å². The molecule has 0 saturated heterocycles. The van der Waals surface area contributed by atoms with E-state index < -0.39 is 0 Å². The molecule has 0 atom stereocenters. The SMILES string of the molecule is CC(=O)/C=C/CCCCCCCO. The van der Waals surface area contributed by atoms with E-state index in [1.807, 2.05) is 6.08 Å². The van der Waals surface area contributed by atoms with Gasteiger partial charge in [0, 0.05) is 6.61 Å². The first-order chi connectivity index (χ1) is 6.27. The highest BCUT2D eigenvalue weighted by Gasteiger charge is 1.88. The molecule has 76 valence electrons. The largest absolute Gasteiger partial charge is 0.396 e. The third-order valence-electron chi connectivity index (χ3n) is 1.88. The highest BCUT2D eigenvalue weighted by Crippen LogP contribution is 2.05. The smallest absolute Gasteiger partial charge is 0.152 e. The van der Waals surface area contributed by atoms with Crippen LogP contribution in [0.2, 0.25) is 0 Å². The second-order valence-corrected chi connectivity index (χ2v) is 3.29. The van der Waals surface area contributed by atoms with Crippen LogP contribution in [0.1, 0.15) is 45.4 Å². The third-order valence-corrected chi connectivity index (χ3v) is 1.88. The molecule has 0 amide bonds. The van der Waals surface area contributed by atoms with Crippen molar-refractivity contribution in [1.29, 1.82) is 0 Å². The Morgan fingerprint density at radius 2 is 1.77 bits per heavy atom. The molecule has 0 radical (unpaired) electrons. The Morgan fingerprint density at radius 3 is 2.38 bits per heavy atom. The lowest BCUT2D eigenvalue weighted by molar-refractivity contribution is -0.112. The highest BCUT2D eigenvalue weighted by molar-refractivity contribution is 5.87. The first-order valence-corrected chi connectivity index (χ1v) is 5.05. The van der Waals surface area contributed by atoms with Gasteiger partial charge in [-0.05, 0) is 32.3 Å². The Balaban J connectivity index is 3.03. The van der Waals surface area contributed by atoms with Crippen molar-refractivity contribution in [2.24, 2.45) is 0 Å². The lowest BCUT2D eigenvalue weighted by atomic mass is 10.1. The Bertz CT molecular complexity index is 150. The summed E-state index contributed by atoms with van der Waals surface area (Å²) in [6.45, 7) is 1.88. The third kappa shape index (κ3) is 11.4. The molecule has 0 unspecified atom stereocenters. The minimum Gasteiger partial charge on any atom is -0.396 e. The van der Waals surface area contributed by atoms with Crippen molar-refractivity contribution in [2.45, 2.75) is 45.4 Å². The molecule has 0 heterocycles. The average Bonchev–Trinajstić information content (AvgIpc) is 2.09. The first kappa shape index (κ1) is 12.4. The van der Waals surface area contributed by atoms with Gasteiger partial charge in [-0.15, -0.1) is 0 Å². The zero-order chi connectivity index (χ0) is 9.94. The zero-order valence-corrected chi connectivity index (χ0v) is 8.46. The number of aliphatic hydroxyl groups is 1. The predicted octanol–water partition coefficient (Wildman–Crippen LogP) is 2.46. The van der Waals surface area contributed by atoms with Crippen LogP contribution in [0.25, 0.3) is 0 Å². The summed E-state index contributed by atoms with van der Waals surface area (Å²) < 4.78 is 0. The van der Waals surface area contributed by atoms with Gasteiger partial charge in [-0.25, -0.2) is 0 Å². The molecule has 1 N–H and O–H groups in total. The van der Waals surface area contributed by atoms with Crippen LogP contribution in [0, 0.1) is 0 Å². The van der Waals surface area contributed by atoms with Crippen molar-refractivity contribution in [2.75, 3.05) is 6.61 Å². The van der Waals surface area contributed by atoms with Crippen molar-refractivity contribution >= 4 is 5.78 Å². The Labute approximate surface area is 80.7 Å². The van der Waals surface area contributed by atoms with Crippen LogP contribution in [0.4, 0.5) is 0 Å². The summed E-state index contributed by atoms with van der Waals surface area (Å²) in [5.74, 6) is 0.125. The maximum atomic E-state index is 10.5. The van der Waals surface area contributed by atoms with Gasteiger partial charge < -0.3 is 5.11 Å². The molecule has 2 heteroatoms. The maximum Gasteiger partial charge on any atom is 0.152 e. The molecule has 0 spiro atoms. The van der Waals surface area contributed by atoms with Gasteiger partial charge in [-0.1, -0.05) is 25.3 Å². The fourth-order valence-electron chi connectivity index (χ4n) is 1.15. The van der Waals surface area contributed by atoms with Crippen LogP contribution >= 0.6 is 0 Å². The molecule has 0 aromatic carbocycles. The number of hydrogen-bond donors (Lipinski definition) is 1. The molecule has 0 bridgehead atoms. The van der Waals surface area contributed by atoms with Crippen molar-refractivity contribution in [3.63, 3.8) is 0 Å². The summed E-state index contributed by atoms with van der Waals surface area (Å²) >= 11 is 0. The molecule has 2 nitrogen and oxygen atoms in total. The van der Waals surface area contributed by atoms with Gasteiger partial charge in [0.2, 0.25) is 0 Å². The van der Waals surface area contributed by atoms with E-state index in [4.69, 9.17) is 5.11 Å². The molecule has 0 rings (SSSR count). The van der Waals surface area contributed by atoms with Crippen LogP contribution in [0.15, 0.2) is 12.2 Å². The molecule has 0 aromatic rings. The van der Waals surface area contributed by atoms with Crippen LogP contribution in [-0.4, -0.2) is 17.5 Å². The molecular formula is C11H20O2. The topological polar surface area (TPSA) is 37.3 Å². The molecule has 0 fully saturated rings. The van der Waals surface area contributed by atoms with Crippen LogP contribution in [-0.2, 0) is 4.79 Å². The van der Waals surface area contributed by atoms with Gasteiger partial charge in [0.1, 0.15) is 0 Å². The average molecular weight is 184 g/mol. The van der Waals surface area contributed by atoms with E-state index >= 15 is 0 Å². The van der Waals surface area contributed by atoms with E-state index in [1.165, 1.54) is 12.8 Å². The lowest BCUT2D eigenvalue weighted by Crippen LogP contribution is -1.83.